The Morgan fingerprint density at radius 2 is 1.93 bits per heavy atom. The Morgan fingerprint density at radius 1 is 1.21 bits per heavy atom. The average Bonchev–Trinajstić information content (AvgIpc) is 3.03. The molecule has 2 fully saturated rings. The van der Waals surface area contributed by atoms with Gasteiger partial charge in [-0.25, -0.2) is 4.98 Å². The van der Waals surface area contributed by atoms with Crippen LogP contribution in [0.2, 0.25) is 0 Å². The molecule has 2 unspecified atom stereocenters. The van der Waals surface area contributed by atoms with Crippen molar-refractivity contribution in [1.82, 2.24) is 9.88 Å². The van der Waals surface area contributed by atoms with E-state index in [1.54, 1.807) is 12.3 Å². The van der Waals surface area contributed by atoms with Crippen LogP contribution in [-0.4, -0.2) is 47.6 Å². The number of benzene rings is 1. The van der Waals surface area contributed by atoms with Gasteiger partial charge in [0.2, 0.25) is 5.91 Å². The Hall–Kier alpha value is -2.95. The van der Waals surface area contributed by atoms with Crippen LogP contribution in [0, 0.1) is 11.3 Å². The molecule has 1 amide bonds. The third kappa shape index (κ3) is 4.24. The number of hydrogen-bond acceptors (Lipinski definition) is 6. The van der Waals surface area contributed by atoms with Gasteiger partial charge in [-0.3, -0.25) is 4.79 Å². The van der Waals surface area contributed by atoms with Gasteiger partial charge in [0.1, 0.15) is 18.1 Å². The third-order valence-corrected chi connectivity index (χ3v) is 5.72. The largest absolute Gasteiger partial charge is 0.359 e. The van der Waals surface area contributed by atoms with Crippen LogP contribution in [0.3, 0.4) is 0 Å². The molecule has 7 heteroatoms. The summed E-state index contributed by atoms with van der Waals surface area (Å²) in [5, 5.41) is 8.95. The molecule has 2 aromatic rings. The number of amides is 1. The second kappa shape index (κ2) is 8.60. The standard InChI is InChI=1S/C22H25N5O2/c23-12-16-6-9-20(25-13-16)27-18-7-8-19(27)15-26(14-18)21(28)10-11-29-22(24)17-4-2-1-3-5-17/h1-6,9,13,18-19,22H,7-8,10-11,14-15,24H2/t18?,19?,22-/m1/s1. The first-order valence-electron chi connectivity index (χ1n) is 10.00. The molecule has 0 spiro atoms. The highest BCUT2D eigenvalue weighted by atomic mass is 16.5. The third-order valence-electron chi connectivity index (χ3n) is 5.72. The van der Waals surface area contributed by atoms with E-state index in [0.29, 0.717) is 31.7 Å². The number of aromatic nitrogens is 1. The van der Waals surface area contributed by atoms with Gasteiger partial charge in [0.25, 0.3) is 0 Å². The summed E-state index contributed by atoms with van der Waals surface area (Å²) in [4.78, 5) is 21.4. The van der Waals surface area contributed by atoms with Crippen LogP contribution in [0.5, 0.6) is 0 Å². The molecule has 3 atom stereocenters. The molecule has 1 aromatic heterocycles. The van der Waals surface area contributed by atoms with Crippen molar-refractivity contribution in [3.63, 3.8) is 0 Å². The van der Waals surface area contributed by atoms with E-state index in [2.05, 4.69) is 16.0 Å². The van der Waals surface area contributed by atoms with Crippen LogP contribution in [0.1, 0.15) is 36.6 Å². The quantitative estimate of drug-likeness (QED) is 0.759. The zero-order valence-electron chi connectivity index (χ0n) is 16.3. The Kier molecular flexibility index (Phi) is 5.74. The van der Waals surface area contributed by atoms with E-state index < -0.39 is 6.23 Å². The molecule has 29 heavy (non-hydrogen) atoms. The van der Waals surface area contributed by atoms with Crippen molar-refractivity contribution >= 4 is 11.7 Å². The van der Waals surface area contributed by atoms with Crippen LogP contribution >= 0.6 is 0 Å². The summed E-state index contributed by atoms with van der Waals surface area (Å²) in [6.45, 7) is 1.70. The van der Waals surface area contributed by atoms with Gasteiger partial charge in [-0.15, -0.1) is 0 Å². The first-order valence-corrected chi connectivity index (χ1v) is 10.00. The molecule has 2 aliphatic heterocycles. The fourth-order valence-corrected chi connectivity index (χ4v) is 4.26. The molecule has 0 radical (unpaired) electrons. The highest BCUT2D eigenvalue weighted by molar-refractivity contribution is 5.77. The number of pyridine rings is 1. The van der Waals surface area contributed by atoms with E-state index in [1.165, 1.54) is 0 Å². The minimum Gasteiger partial charge on any atom is -0.359 e. The van der Waals surface area contributed by atoms with E-state index in [0.717, 1.165) is 24.2 Å². The van der Waals surface area contributed by atoms with Gasteiger partial charge >= 0.3 is 0 Å². The smallest absolute Gasteiger partial charge is 0.225 e. The SMILES string of the molecule is N#Cc1ccc(N2C3CCC2CN(C(=O)CCO[C@@H](N)c2ccccc2)C3)nc1. The van der Waals surface area contributed by atoms with Gasteiger partial charge in [0, 0.05) is 31.4 Å². The predicted octanol–water partition coefficient (Wildman–Crippen LogP) is 2.20. The van der Waals surface area contributed by atoms with E-state index in [4.69, 9.17) is 15.7 Å². The van der Waals surface area contributed by atoms with Crippen LogP contribution in [0.15, 0.2) is 48.7 Å². The summed E-state index contributed by atoms with van der Waals surface area (Å²) in [6.07, 6.45) is 3.52. The highest BCUT2D eigenvalue weighted by Crippen LogP contribution is 2.34. The van der Waals surface area contributed by atoms with Crippen molar-refractivity contribution in [3.05, 3.63) is 59.8 Å². The molecule has 2 saturated heterocycles. The Morgan fingerprint density at radius 3 is 2.55 bits per heavy atom. The Balaban J connectivity index is 1.30. The van der Waals surface area contributed by atoms with E-state index in [9.17, 15) is 4.79 Å². The van der Waals surface area contributed by atoms with Crippen molar-refractivity contribution < 1.29 is 9.53 Å². The summed E-state index contributed by atoms with van der Waals surface area (Å²) >= 11 is 0. The fraction of sp³-hybridized carbons (Fsp3) is 0.409. The maximum atomic E-state index is 12.7. The number of ether oxygens (including phenoxy) is 1. The molecule has 4 rings (SSSR count). The highest BCUT2D eigenvalue weighted by Gasteiger charge is 2.41. The van der Waals surface area contributed by atoms with Crippen molar-refractivity contribution in [1.29, 1.82) is 5.26 Å². The number of carbonyl (C=O) groups excluding carboxylic acids is 1. The monoisotopic (exact) mass is 391 g/mol. The number of rotatable bonds is 6. The number of hydrogen-bond donors (Lipinski definition) is 1. The number of carbonyl (C=O) groups is 1. The predicted molar refractivity (Wildman–Crippen MR) is 109 cm³/mol. The zero-order valence-corrected chi connectivity index (χ0v) is 16.3. The van der Waals surface area contributed by atoms with E-state index in [1.807, 2.05) is 41.3 Å². The lowest BCUT2D eigenvalue weighted by Gasteiger charge is -2.41. The van der Waals surface area contributed by atoms with E-state index >= 15 is 0 Å². The van der Waals surface area contributed by atoms with Crippen molar-refractivity contribution in [2.75, 3.05) is 24.6 Å². The summed E-state index contributed by atoms with van der Waals surface area (Å²) in [5.74, 6) is 0.996. The summed E-state index contributed by atoms with van der Waals surface area (Å²) in [7, 11) is 0. The lowest BCUT2D eigenvalue weighted by molar-refractivity contribution is -0.133. The second-order valence-corrected chi connectivity index (χ2v) is 7.56. The van der Waals surface area contributed by atoms with Crippen molar-refractivity contribution in [3.8, 4) is 6.07 Å². The van der Waals surface area contributed by atoms with Crippen LogP contribution in [0.4, 0.5) is 5.82 Å². The molecule has 0 saturated carbocycles. The number of nitriles is 1. The number of nitrogens with zero attached hydrogens (tertiary/aromatic N) is 4. The molecule has 3 heterocycles. The van der Waals surface area contributed by atoms with Crippen molar-refractivity contribution in [2.45, 2.75) is 37.6 Å². The maximum Gasteiger partial charge on any atom is 0.225 e. The maximum absolute atomic E-state index is 12.7. The van der Waals surface area contributed by atoms with Crippen LogP contribution in [0.25, 0.3) is 0 Å². The lowest BCUT2D eigenvalue weighted by atomic mass is 10.1. The number of piperazine rings is 1. The van der Waals surface area contributed by atoms with Crippen LogP contribution < -0.4 is 10.6 Å². The first-order chi connectivity index (χ1) is 14.2. The topological polar surface area (TPSA) is 95.5 Å². The number of fused-ring (bicyclic) bond motifs is 2. The Labute approximate surface area is 170 Å². The molecule has 7 nitrogen and oxygen atoms in total. The molecule has 1 aromatic carbocycles. The van der Waals surface area contributed by atoms with Gasteiger partial charge in [-0.05, 0) is 30.5 Å². The molecular formula is C22H25N5O2. The summed E-state index contributed by atoms with van der Waals surface area (Å²) in [5.41, 5.74) is 7.50. The van der Waals surface area contributed by atoms with E-state index in [-0.39, 0.29) is 18.0 Å². The molecular weight excluding hydrogens is 366 g/mol. The summed E-state index contributed by atoms with van der Waals surface area (Å²) in [6, 6.07) is 15.9. The van der Waals surface area contributed by atoms with Gasteiger partial charge < -0.3 is 20.3 Å². The normalized spacial score (nSPS) is 21.7. The van der Waals surface area contributed by atoms with Gasteiger partial charge in [-0.2, -0.15) is 5.26 Å². The minimum absolute atomic E-state index is 0.106. The molecule has 0 aliphatic carbocycles. The lowest BCUT2D eigenvalue weighted by Crippen LogP contribution is -2.55. The van der Waals surface area contributed by atoms with Gasteiger partial charge in [0.05, 0.1) is 18.6 Å². The Bertz CT molecular complexity index is 866. The molecule has 150 valence electrons. The van der Waals surface area contributed by atoms with Crippen LogP contribution in [-0.2, 0) is 9.53 Å². The molecule has 2 aliphatic rings. The van der Waals surface area contributed by atoms with Crippen molar-refractivity contribution in [2.24, 2.45) is 5.73 Å². The number of nitrogens with two attached hydrogens (primary N) is 1. The summed E-state index contributed by atoms with van der Waals surface area (Å²) < 4.78 is 5.65. The van der Waals surface area contributed by atoms with Gasteiger partial charge in [0.15, 0.2) is 0 Å². The number of likely N-dealkylation sites (tertiary alicyclic amines) is 1. The zero-order chi connectivity index (χ0) is 20.2. The molecule has 2 N–H and O–H groups in total. The first kappa shape index (κ1) is 19.4. The molecule has 2 bridgehead atoms. The fourth-order valence-electron chi connectivity index (χ4n) is 4.26. The minimum atomic E-state index is -0.514. The van der Waals surface area contributed by atoms with Gasteiger partial charge in [-0.1, -0.05) is 30.3 Å². The average molecular weight is 391 g/mol. The number of anilines is 1. The second-order valence-electron chi connectivity index (χ2n) is 7.56.